The molecule has 0 spiro atoms. The Morgan fingerprint density at radius 1 is 1.29 bits per heavy atom. The first-order valence-corrected chi connectivity index (χ1v) is 6.12. The zero-order chi connectivity index (χ0) is 11.8. The molecule has 1 saturated carbocycles. The molecule has 1 aliphatic carbocycles. The molecule has 1 amide bonds. The highest BCUT2D eigenvalue weighted by Gasteiger charge is 2.33. The summed E-state index contributed by atoms with van der Waals surface area (Å²) < 4.78 is 5.95. The first-order valence-electron chi connectivity index (χ1n) is 6.12. The summed E-state index contributed by atoms with van der Waals surface area (Å²) >= 11 is 0. The number of fused-ring (bicyclic) bond motifs is 2. The van der Waals surface area contributed by atoms with Crippen LogP contribution in [0.4, 0.5) is 5.69 Å². The van der Waals surface area contributed by atoms with Crippen LogP contribution >= 0.6 is 0 Å². The van der Waals surface area contributed by atoms with E-state index in [9.17, 15) is 4.79 Å². The third-order valence-electron chi connectivity index (χ3n) is 3.58. The van der Waals surface area contributed by atoms with Crippen LogP contribution in [0.25, 0.3) is 0 Å². The van der Waals surface area contributed by atoms with E-state index in [1.165, 1.54) is 0 Å². The summed E-state index contributed by atoms with van der Waals surface area (Å²) in [4.78, 5) is 12.1. The molecule has 2 atom stereocenters. The van der Waals surface area contributed by atoms with Crippen LogP contribution < -0.4 is 15.8 Å². The molecule has 3 N–H and O–H groups in total. The molecule has 2 aliphatic rings. The molecule has 1 unspecified atom stereocenters. The molecular weight excluding hydrogens is 216 g/mol. The van der Waals surface area contributed by atoms with Gasteiger partial charge in [-0.25, -0.2) is 0 Å². The van der Waals surface area contributed by atoms with Crippen molar-refractivity contribution in [2.75, 3.05) is 5.73 Å². The highest BCUT2D eigenvalue weighted by molar-refractivity contribution is 6.02. The molecule has 90 valence electrons. The highest BCUT2D eigenvalue weighted by atomic mass is 16.5. The number of nitrogens with two attached hydrogens (primary N) is 1. The molecule has 3 rings (SSSR count). The maximum atomic E-state index is 12.1. The number of rotatable bonds is 0. The summed E-state index contributed by atoms with van der Waals surface area (Å²) in [6.07, 6.45) is 4.39. The van der Waals surface area contributed by atoms with E-state index in [0.29, 0.717) is 17.0 Å². The third kappa shape index (κ3) is 1.73. The minimum atomic E-state index is -0.104. The van der Waals surface area contributed by atoms with Gasteiger partial charge in [-0.3, -0.25) is 4.79 Å². The fraction of sp³-hybridized carbons (Fsp3) is 0.462. The van der Waals surface area contributed by atoms with E-state index in [1.807, 2.05) is 12.1 Å². The van der Waals surface area contributed by atoms with Gasteiger partial charge in [-0.15, -0.1) is 0 Å². The number of hydrogen-bond donors (Lipinski definition) is 2. The van der Waals surface area contributed by atoms with Gasteiger partial charge >= 0.3 is 0 Å². The normalized spacial score (nSPS) is 27.2. The molecule has 0 bridgehead atoms. The number of hydrogen-bond acceptors (Lipinski definition) is 3. The van der Waals surface area contributed by atoms with Crippen LogP contribution in [0.2, 0.25) is 0 Å². The standard InChI is InChI=1S/C13H16N2O2/c14-8-4-3-7-11-12(8)13(16)15-9-5-1-2-6-10(9)17-11/h3-4,7,9-10H,1-2,5-6,14H2,(H,15,16)/t9?,10-/m0/s1. The van der Waals surface area contributed by atoms with E-state index in [1.54, 1.807) is 6.07 Å². The Balaban J connectivity index is 2.02. The summed E-state index contributed by atoms with van der Waals surface area (Å²) in [6, 6.07) is 5.51. The van der Waals surface area contributed by atoms with Gasteiger partial charge in [0.1, 0.15) is 17.4 Å². The quantitative estimate of drug-likeness (QED) is 0.669. The van der Waals surface area contributed by atoms with E-state index in [4.69, 9.17) is 10.5 Å². The number of amides is 1. The van der Waals surface area contributed by atoms with Crippen LogP contribution in [0.1, 0.15) is 36.0 Å². The Bertz CT molecular complexity index is 459. The first-order chi connectivity index (χ1) is 8.25. The van der Waals surface area contributed by atoms with Gasteiger partial charge in [0, 0.05) is 5.69 Å². The van der Waals surface area contributed by atoms with Gasteiger partial charge < -0.3 is 15.8 Å². The van der Waals surface area contributed by atoms with E-state index in [-0.39, 0.29) is 18.1 Å². The number of carbonyl (C=O) groups is 1. The molecule has 1 aromatic carbocycles. The summed E-state index contributed by atoms with van der Waals surface area (Å²) in [5, 5.41) is 3.03. The lowest BCUT2D eigenvalue weighted by Crippen LogP contribution is -2.45. The van der Waals surface area contributed by atoms with Crippen molar-refractivity contribution in [3.05, 3.63) is 23.8 Å². The molecule has 1 aromatic rings. The first kappa shape index (κ1) is 10.4. The second kappa shape index (κ2) is 3.95. The maximum absolute atomic E-state index is 12.1. The van der Waals surface area contributed by atoms with E-state index in [0.717, 1.165) is 25.7 Å². The number of nitrogens with one attached hydrogen (secondary N) is 1. The van der Waals surface area contributed by atoms with Crippen LogP contribution in [0.3, 0.4) is 0 Å². The van der Waals surface area contributed by atoms with Crippen molar-refractivity contribution in [2.24, 2.45) is 0 Å². The zero-order valence-electron chi connectivity index (χ0n) is 9.61. The molecule has 17 heavy (non-hydrogen) atoms. The number of nitrogen functional groups attached to an aromatic ring is 1. The molecule has 4 heteroatoms. The lowest BCUT2D eigenvalue weighted by molar-refractivity contribution is 0.0869. The number of benzene rings is 1. The topological polar surface area (TPSA) is 64.4 Å². The van der Waals surface area contributed by atoms with Crippen LogP contribution in [0, 0.1) is 0 Å². The molecule has 1 fully saturated rings. The average Bonchev–Trinajstić information content (AvgIpc) is 2.45. The summed E-state index contributed by atoms with van der Waals surface area (Å²) in [5.74, 6) is 0.518. The number of anilines is 1. The molecule has 0 radical (unpaired) electrons. The smallest absolute Gasteiger partial charge is 0.257 e. The van der Waals surface area contributed by atoms with Crippen molar-refractivity contribution < 1.29 is 9.53 Å². The van der Waals surface area contributed by atoms with Gasteiger partial charge in [0.05, 0.1) is 6.04 Å². The molecule has 0 aromatic heterocycles. The van der Waals surface area contributed by atoms with Gasteiger partial charge in [0.15, 0.2) is 0 Å². The van der Waals surface area contributed by atoms with E-state index < -0.39 is 0 Å². The number of ether oxygens (including phenoxy) is 1. The van der Waals surface area contributed by atoms with Crippen molar-refractivity contribution in [1.82, 2.24) is 5.32 Å². The lowest BCUT2D eigenvalue weighted by Gasteiger charge is -2.29. The Morgan fingerprint density at radius 2 is 2.12 bits per heavy atom. The van der Waals surface area contributed by atoms with Gasteiger partial charge in [0.25, 0.3) is 5.91 Å². The van der Waals surface area contributed by atoms with Crippen molar-refractivity contribution >= 4 is 11.6 Å². The second-order valence-corrected chi connectivity index (χ2v) is 4.74. The van der Waals surface area contributed by atoms with E-state index in [2.05, 4.69) is 5.32 Å². The monoisotopic (exact) mass is 232 g/mol. The van der Waals surface area contributed by atoms with Gasteiger partial charge in [-0.2, -0.15) is 0 Å². The summed E-state index contributed by atoms with van der Waals surface area (Å²) in [5.41, 5.74) is 6.82. The Morgan fingerprint density at radius 3 is 3.00 bits per heavy atom. The van der Waals surface area contributed by atoms with Crippen LogP contribution in [-0.4, -0.2) is 18.1 Å². The van der Waals surface area contributed by atoms with Crippen molar-refractivity contribution in [3.8, 4) is 5.75 Å². The van der Waals surface area contributed by atoms with E-state index >= 15 is 0 Å². The van der Waals surface area contributed by atoms with Crippen molar-refractivity contribution in [3.63, 3.8) is 0 Å². The molecular formula is C13H16N2O2. The molecule has 4 nitrogen and oxygen atoms in total. The molecule has 0 saturated heterocycles. The molecule has 1 aliphatic heterocycles. The minimum Gasteiger partial charge on any atom is -0.487 e. The fourth-order valence-electron chi connectivity index (χ4n) is 2.70. The Hall–Kier alpha value is -1.71. The predicted molar refractivity (Wildman–Crippen MR) is 65.0 cm³/mol. The van der Waals surface area contributed by atoms with Gasteiger partial charge in [0.2, 0.25) is 0 Å². The Kier molecular flexibility index (Phi) is 2.42. The average molecular weight is 232 g/mol. The largest absolute Gasteiger partial charge is 0.487 e. The highest BCUT2D eigenvalue weighted by Crippen LogP contribution is 2.32. The molecule has 1 heterocycles. The SMILES string of the molecule is Nc1cccc2c1C(=O)NC1CCCC[C@@H]1O2. The van der Waals surface area contributed by atoms with Crippen LogP contribution in [-0.2, 0) is 0 Å². The maximum Gasteiger partial charge on any atom is 0.257 e. The predicted octanol–water partition coefficient (Wildman–Crippen LogP) is 1.70. The van der Waals surface area contributed by atoms with Crippen molar-refractivity contribution in [2.45, 2.75) is 37.8 Å². The number of carbonyl (C=O) groups excluding carboxylic acids is 1. The minimum absolute atomic E-state index is 0.0933. The van der Waals surface area contributed by atoms with Crippen LogP contribution in [0.5, 0.6) is 5.75 Å². The van der Waals surface area contributed by atoms with Gasteiger partial charge in [-0.1, -0.05) is 12.5 Å². The Labute approximate surface area is 100 Å². The zero-order valence-corrected chi connectivity index (χ0v) is 9.61. The summed E-state index contributed by atoms with van der Waals surface area (Å²) in [6.45, 7) is 0. The van der Waals surface area contributed by atoms with Crippen LogP contribution in [0.15, 0.2) is 18.2 Å². The lowest BCUT2D eigenvalue weighted by atomic mass is 9.92. The van der Waals surface area contributed by atoms with Crippen molar-refractivity contribution in [1.29, 1.82) is 0 Å². The second-order valence-electron chi connectivity index (χ2n) is 4.74. The van der Waals surface area contributed by atoms with Gasteiger partial charge in [-0.05, 0) is 31.4 Å². The summed E-state index contributed by atoms with van der Waals surface area (Å²) in [7, 11) is 0. The fourth-order valence-corrected chi connectivity index (χ4v) is 2.70. The third-order valence-corrected chi connectivity index (χ3v) is 3.58.